The third-order valence-electron chi connectivity index (χ3n) is 6.35. The number of carbonyl (C=O) groups is 2. The van der Waals surface area contributed by atoms with Crippen molar-refractivity contribution in [3.63, 3.8) is 0 Å². The minimum Gasteiger partial charge on any atom is -0.349 e. The van der Waals surface area contributed by atoms with Crippen molar-refractivity contribution in [2.24, 2.45) is 7.05 Å². The molecule has 3 heterocycles. The maximum Gasteiger partial charge on any atom is 0.251 e. The second-order valence-electron chi connectivity index (χ2n) is 9.32. The van der Waals surface area contributed by atoms with Crippen LogP contribution in [0.5, 0.6) is 0 Å². The molecule has 0 radical (unpaired) electrons. The third-order valence-corrected chi connectivity index (χ3v) is 7.52. The molecule has 0 aliphatic carbocycles. The van der Waals surface area contributed by atoms with Gasteiger partial charge in [0.15, 0.2) is 5.13 Å². The smallest absolute Gasteiger partial charge is 0.251 e. The van der Waals surface area contributed by atoms with Crippen LogP contribution in [0.15, 0.2) is 36.4 Å². The first-order valence-electron chi connectivity index (χ1n) is 11.8. The van der Waals surface area contributed by atoms with E-state index < -0.39 is 0 Å². The number of thiazole rings is 1. The second kappa shape index (κ2) is 10.0. The van der Waals surface area contributed by atoms with Gasteiger partial charge in [0.1, 0.15) is 0 Å². The lowest BCUT2D eigenvalue weighted by atomic mass is 10.0. The molecule has 11 heteroatoms. The van der Waals surface area contributed by atoms with Gasteiger partial charge >= 0.3 is 0 Å². The molecule has 4 aromatic rings. The normalized spacial score (nSPS) is 14.6. The topological polar surface area (TPSA) is 95.4 Å². The molecule has 0 saturated carbocycles. The summed E-state index contributed by atoms with van der Waals surface area (Å²) in [5.74, 6) is 0.644. The number of aromatic nitrogens is 3. The number of rotatable bonds is 6. The lowest BCUT2D eigenvalue weighted by molar-refractivity contribution is -0.132. The van der Waals surface area contributed by atoms with Crippen molar-refractivity contribution in [2.75, 3.05) is 39.0 Å². The molecular formula is C25H28ClN7O2S. The van der Waals surface area contributed by atoms with Gasteiger partial charge in [0.2, 0.25) is 11.9 Å². The first-order valence-corrected chi connectivity index (χ1v) is 13.0. The molecule has 188 valence electrons. The van der Waals surface area contributed by atoms with Crippen LogP contribution in [0.1, 0.15) is 23.2 Å². The van der Waals surface area contributed by atoms with E-state index in [9.17, 15) is 9.59 Å². The minimum atomic E-state index is -0.127. The summed E-state index contributed by atoms with van der Waals surface area (Å²) in [7, 11) is 5.70. The number of nitrogens with zero attached hydrogens (tertiary/aromatic N) is 5. The fraction of sp³-hybridized carbons (Fsp3) is 0.360. The van der Waals surface area contributed by atoms with Gasteiger partial charge in [0.05, 0.1) is 27.8 Å². The van der Waals surface area contributed by atoms with Gasteiger partial charge in [-0.3, -0.25) is 9.59 Å². The lowest BCUT2D eigenvalue weighted by Crippen LogP contribution is -2.48. The average Bonchev–Trinajstić information content (AvgIpc) is 3.38. The number of hydrogen-bond acceptors (Lipinski definition) is 7. The van der Waals surface area contributed by atoms with Crippen LogP contribution in [0.2, 0.25) is 5.02 Å². The zero-order valence-corrected chi connectivity index (χ0v) is 22.0. The van der Waals surface area contributed by atoms with Crippen molar-refractivity contribution in [3.8, 4) is 0 Å². The van der Waals surface area contributed by atoms with Crippen LogP contribution < -0.4 is 10.6 Å². The Morgan fingerprint density at radius 1 is 1.11 bits per heavy atom. The van der Waals surface area contributed by atoms with Gasteiger partial charge in [0, 0.05) is 36.8 Å². The molecule has 1 fully saturated rings. The Labute approximate surface area is 218 Å². The number of halogens is 1. The maximum atomic E-state index is 13.0. The summed E-state index contributed by atoms with van der Waals surface area (Å²) in [5, 5.41) is 7.81. The highest BCUT2D eigenvalue weighted by Crippen LogP contribution is 2.31. The zero-order chi connectivity index (χ0) is 25.4. The number of piperidine rings is 1. The molecular weight excluding hydrogens is 498 g/mol. The van der Waals surface area contributed by atoms with Crippen molar-refractivity contribution in [1.82, 2.24) is 29.7 Å². The number of likely N-dealkylation sites (N-methyl/N-ethyl adjacent to an activating group) is 1. The summed E-state index contributed by atoms with van der Waals surface area (Å²) in [4.78, 5) is 38.3. The number of likely N-dealkylation sites (tertiary alicyclic amines) is 1. The van der Waals surface area contributed by atoms with E-state index in [4.69, 9.17) is 16.6 Å². The summed E-state index contributed by atoms with van der Waals surface area (Å²) in [6.45, 7) is 1.72. The summed E-state index contributed by atoms with van der Waals surface area (Å²) < 4.78 is 2.94. The Kier molecular flexibility index (Phi) is 6.83. The van der Waals surface area contributed by atoms with Crippen molar-refractivity contribution < 1.29 is 9.59 Å². The monoisotopic (exact) mass is 525 g/mol. The Bertz CT molecular complexity index is 1440. The predicted octanol–water partition coefficient (Wildman–Crippen LogP) is 3.86. The van der Waals surface area contributed by atoms with Crippen molar-refractivity contribution >= 4 is 67.1 Å². The highest BCUT2D eigenvalue weighted by Gasteiger charge is 2.24. The van der Waals surface area contributed by atoms with Gasteiger partial charge < -0.3 is 25.0 Å². The number of imidazole rings is 1. The van der Waals surface area contributed by atoms with E-state index in [0.717, 1.165) is 39.2 Å². The molecule has 2 N–H and O–H groups in total. The fourth-order valence-electron chi connectivity index (χ4n) is 4.41. The molecule has 9 nitrogen and oxygen atoms in total. The number of aryl methyl sites for hydroxylation is 1. The lowest BCUT2D eigenvalue weighted by Gasteiger charge is -2.33. The molecule has 1 saturated heterocycles. The van der Waals surface area contributed by atoms with Crippen LogP contribution in [0, 0.1) is 0 Å². The number of carbonyl (C=O) groups excluding carboxylic acids is 2. The van der Waals surface area contributed by atoms with E-state index >= 15 is 0 Å². The van der Waals surface area contributed by atoms with Gasteiger partial charge in [-0.25, -0.2) is 9.97 Å². The summed E-state index contributed by atoms with van der Waals surface area (Å²) >= 11 is 7.60. The molecule has 2 aromatic carbocycles. The first-order chi connectivity index (χ1) is 17.3. The predicted molar refractivity (Wildman–Crippen MR) is 144 cm³/mol. The first kappa shape index (κ1) is 24.5. The Balaban J connectivity index is 1.25. The standard InChI is InChI=1S/C25H28ClN7O2S/c1-31(2)14-22(34)33-10-8-17(9-11-33)27-23(35)15-4-7-20-19(12-15)28-24(32(20)3)30-25-29-18-6-5-16(26)13-21(18)36-25/h4-7,12-13,17H,8-11,14H2,1-3H3,(H,27,35)(H,28,29,30). The van der Waals surface area contributed by atoms with Gasteiger partial charge in [-0.05, 0) is 63.3 Å². The summed E-state index contributed by atoms with van der Waals surface area (Å²) in [6.07, 6.45) is 1.50. The molecule has 0 atom stereocenters. The number of anilines is 2. The van der Waals surface area contributed by atoms with Crippen LogP contribution in [-0.2, 0) is 11.8 Å². The van der Waals surface area contributed by atoms with Crippen LogP contribution in [-0.4, -0.2) is 75.9 Å². The zero-order valence-electron chi connectivity index (χ0n) is 20.4. The molecule has 0 spiro atoms. The Morgan fingerprint density at radius 3 is 2.64 bits per heavy atom. The molecule has 2 aromatic heterocycles. The van der Waals surface area contributed by atoms with Gasteiger partial charge in [-0.1, -0.05) is 22.9 Å². The Hall–Kier alpha value is -3.21. The van der Waals surface area contributed by atoms with E-state index in [1.807, 2.05) is 71.9 Å². The van der Waals surface area contributed by atoms with Crippen molar-refractivity contribution in [3.05, 3.63) is 47.0 Å². The highest BCUT2D eigenvalue weighted by molar-refractivity contribution is 7.22. The average molecular weight is 526 g/mol. The van der Waals surface area contributed by atoms with Crippen LogP contribution >= 0.6 is 22.9 Å². The van der Waals surface area contributed by atoms with Crippen molar-refractivity contribution in [1.29, 1.82) is 0 Å². The van der Waals surface area contributed by atoms with Gasteiger partial charge in [-0.15, -0.1) is 0 Å². The van der Waals surface area contributed by atoms with E-state index in [1.165, 1.54) is 11.3 Å². The summed E-state index contributed by atoms with van der Waals surface area (Å²) in [5.41, 5.74) is 3.07. The quantitative estimate of drug-likeness (QED) is 0.397. The van der Waals surface area contributed by atoms with Gasteiger partial charge in [-0.2, -0.15) is 0 Å². The SMILES string of the molecule is CN(C)CC(=O)N1CCC(NC(=O)c2ccc3c(c2)nc(Nc2nc4ccc(Cl)cc4s2)n3C)CC1. The van der Waals surface area contributed by atoms with E-state index in [2.05, 4.69) is 15.6 Å². The number of benzene rings is 2. The van der Waals surface area contributed by atoms with Crippen LogP contribution in [0.4, 0.5) is 11.1 Å². The largest absolute Gasteiger partial charge is 0.349 e. The Morgan fingerprint density at radius 2 is 1.89 bits per heavy atom. The van der Waals surface area contributed by atoms with Crippen LogP contribution in [0.3, 0.4) is 0 Å². The van der Waals surface area contributed by atoms with Crippen LogP contribution in [0.25, 0.3) is 21.3 Å². The van der Waals surface area contributed by atoms with E-state index in [-0.39, 0.29) is 17.9 Å². The molecule has 5 rings (SSSR count). The summed E-state index contributed by atoms with van der Waals surface area (Å²) in [6, 6.07) is 11.2. The number of fused-ring (bicyclic) bond motifs is 2. The minimum absolute atomic E-state index is 0.0464. The van der Waals surface area contributed by atoms with Crippen molar-refractivity contribution in [2.45, 2.75) is 18.9 Å². The number of amides is 2. The third kappa shape index (κ3) is 5.16. The molecule has 36 heavy (non-hydrogen) atoms. The number of nitrogens with one attached hydrogen (secondary N) is 2. The highest BCUT2D eigenvalue weighted by atomic mass is 35.5. The molecule has 1 aliphatic heterocycles. The maximum absolute atomic E-state index is 13.0. The molecule has 1 aliphatic rings. The van der Waals surface area contributed by atoms with Gasteiger partial charge in [0.25, 0.3) is 5.91 Å². The molecule has 0 bridgehead atoms. The fourth-order valence-corrected chi connectivity index (χ4v) is 5.55. The number of hydrogen-bond donors (Lipinski definition) is 2. The molecule has 0 unspecified atom stereocenters. The molecule has 2 amide bonds. The van der Waals surface area contributed by atoms with E-state index in [1.54, 1.807) is 0 Å². The second-order valence-corrected chi connectivity index (χ2v) is 10.8. The van der Waals surface area contributed by atoms with E-state index in [0.29, 0.717) is 36.2 Å².